The first-order valence-electron chi connectivity index (χ1n) is 4.88. The monoisotopic (exact) mass is 269 g/mol. The van der Waals surface area contributed by atoms with Crippen LogP contribution in [-0.2, 0) is 11.3 Å². The summed E-state index contributed by atoms with van der Waals surface area (Å²) in [7, 11) is 0. The molecule has 1 aromatic heterocycles. The Morgan fingerprint density at radius 2 is 2.47 bits per heavy atom. The van der Waals surface area contributed by atoms with E-state index in [0.717, 1.165) is 24.5 Å². The Labute approximate surface area is 96.8 Å². The van der Waals surface area contributed by atoms with Crippen molar-refractivity contribution >= 4 is 21.8 Å². The van der Waals surface area contributed by atoms with Crippen LogP contribution < -0.4 is 0 Å². The molecule has 0 spiro atoms. The summed E-state index contributed by atoms with van der Waals surface area (Å²) in [5.74, 6) is 0.904. The molecule has 0 aromatic carbocycles. The van der Waals surface area contributed by atoms with Gasteiger partial charge in [0.1, 0.15) is 5.82 Å². The Bertz CT molecular complexity index is 383. The molecule has 1 amide bonds. The van der Waals surface area contributed by atoms with Gasteiger partial charge in [-0.05, 0) is 19.4 Å². The molecule has 0 N–H and O–H groups in total. The Kier molecular flexibility index (Phi) is 3.00. The van der Waals surface area contributed by atoms with Crippen molar-refractivity contribution in [2.75, 3.05) is 6.54 Å². The molecule has 2 heterocycles. The summed E-state index contributed by atoms with van der Waals surface area (Å²) in [5, 5.41) is 0. The van der Waals surface area contributed by atoms with Crippen LogP contribution in [-0.4, -0.2) is 32.1 Å². The Balaban J connectivity index is 2.06. The average molecular weight is 270 g/mol. The Morgan fingerprint density at radius 1 is 1.67 bits per heavy atom. The van der Waals surface area contributed by atoms with E-state index in [1.165, 1.54) is 0 Å². The van der Waals surface area contributed by atoms with Crippen LogP contribution in [0.1, 0.15) is 17.9 Å². The van der Waals surface area contributed by atoms with E-state index in [-0.39, 0.29) is 10.7 Å². The topological polar surface area (TPSA) is 46.1 Å². The van der Waals surface area contributed by atoms with Crippen molar-refractivity contribution in [1.82, 2.24) is 14.9 Å². The third kappa shape index (κ3) is 2.34. The van der Waals surface area contributed by atoms with Crippen LogP contribution in [0.3, 0.4) is 0 Å². The molecule has 0 aliphatic carbocycles. The van der Waals surface area contributed by atoms with Gasteiger partial charge in [-0.2, -0.15) is 0 Å². The summed E-state index contributed by atoms with van der Waals surface area (Å²) in [6.07, 6.45) is 2.60. The highest BCUT2D eigenvalue weighted by molar-refractivity contribution is 9.10. The third-order valence-corrected chi connectivity index (χ3v) is 3.27. The Morgan fingerprint density at radius 3 is 3.07 bits per heavy atom. The minimum absolute atomic E-state index is 0.0135. The second-order valence-electron chi connectivity index (χ2n) is 3.61. The van der Waals surface area contributed by atoms with Crippen molar-refractivity contribution in [3.05, 3.63) is 23.8 Å². The predicted octanol–water partition coefficient (Wildman–Crippen LogP) is 1.28. The van der Waals surface area contributed by atoms with E-state index in [9.17, 15) is 4.79 Å². The molecule has 1 atom stereocenters. The first-order chi connectivity index (χ1) is 7.16. The van der Waals surface area contributed by atoms with Gasteiger partial charge in [-0.25, -0.2) is 9.97 Å². The van der Waals surface area contributed by atoms with E-state index >= 15 is 0 Å². The number of nitrogens with zero attached hydrogens (tertiary/aromatic N) is 3. The lowest BCUT2D eigenvalue weighted by atomic mass is 10.3. The molecule has 0 saturated carbocycles. The summed E-state index contributed by atoms with van der Waals surface area (Å²) in [5.41, 5.74) is 0.900. The van der Waals surface area contributed by atoms with Gasteiger partial charge in [0.2, 0.25) is 5.91 Å². The van der Waals surface area contributed by atoms with Crippen LogP contribution in [0.15, 0.2) is 12.3 Å². The first kappa shape index (κ1) is 10.5. The van der Waals surface area contributed by atoms with Gasteiger partial charge in [-0.1, -0.05) is 15.9 Å². The molecule has 1 aliphatic heterocycles. The molecular formula is C10H12BrN3O. The number of aromatic nitrogens is 2. The SMILES string of the molecule is Cc1nccc(CN2CCC(Br)C2=O)n1. The highest BCUT2D eigenvalue weighted by Gasteiger charge is 2.29. The molecule has 0 bridgehead atoms. The van der Waals surface area contributed by atoms with E-state index in [0.29, 0.717) is 6.54 Å². The van der Waals surface area contributed by atoms with Crippen LogP contribution in [0.25, 0.3) is 0 Å². The lowest BCUT2D eigenvalue weighted by Crippen LogP contribution is -2.27. The number of rotatable bonds is 2. The average Bonchev–Trinajstić information content (AvgIpc) is 2.50. The number of carbonyl (C=O) groups is 1. The number of alkyl halides is 1. The number of hydrogen-bond donors (Lipinski definition) is 0. The van der Waals surface area contributed by atoms with Gasteiger partial charge in [0.05, 0.1) is 17.1 Å². The second-order valence-corrected chi connectivity index (χ2v) is 4.72. The van der Waals surface area contributed by atoms with E-state index in [1.54, 1.807) is 6.20 Å². The number of amides is 1. The fourth-order valence-corrected chi connectivity index (χ4v) is 2.14. The zero-order valence-electron chi connectivity index (χ0n) is 8.48. The van der Waals surface area contributed by atoms with Gasteiger partial charge >= 0.3 is 0 Å². The number of likely N-dealkylation sites (tertiary alicyclic amines) is 1. The van der Waals surface area contributed by atoms with Crippen LogP contribution in [0.2, 0.25) is 0 Å². The minimum Gasteiger partial charge on any atom is -0.336 e. The number of hydrogen-bond acceptors (Lipinski definition) is 3. The zero-order chi connectivity index (χ0) is 10.8. The van der Waals surface area contributed by atoms with Gasteiger partial charge in [-0.3, -0.25) is 4.79 Å². The molecule has 1 unspecified atom stereocenters. The summed E-state index contributed by atoms with van der Waals surface area (Å²) in [6, 6.07) is 1.85. The van der Waals surface area contributed by atoms with Crippen molar-refractivity contribution < 1.29 is 4.79 Å². The van der Waals surface area contributed by atoms with Crippen LogP contribution in [0, 0.1) is 6.92 Å². The molecule has 2 rings (SSSR count). The number of aryl methyl sites for hydroxylation is 1. The molecule has 1 aliphatic rings. The first-order valence-corrected chi connectivity index (χ1v) is 5.80. The highest BCUT2D eigenvalue weighted by Crippen LogP contribution is 2.19. The van der Waals surface area contributed by atoms with Gasteiger partial charge in [-0.15, -0.1) is 0 Å². The van der Waals surface area contributed by atoms with Crippen molar-refractivity contribution in [3.63, 3.8) is 0 Å². The molecule has 1 saturated heterocycles. The molecule has 0 radical (unpaired) electrons. The van der Waals surface area contributed by atoms with Crippen molar-refractivity contribution in [2.24, 2.45) is 0 Å². The van der Waals surface area contributed by atoms with E-state index in [4.69, 9.17) is 0 Å². The van der Waals surface area contributed by atoms with Crippen LogP contribution in [0.5, 0.6) is 0 Å². The minimum atomic E-state index is -0.0135. The lowest BCUT2D eigenvalue weighted by molar-refractivity contribution is -0.127. The molecular weight excluding hydrogens is 258 g/mol. The predicted molar refractivity (Wildman–Crippen MR) is 59.5 cm³/mol. The van der Waals surface area contributed by atoms with E-state index in [2.05, 4.69) is 25.9 Å². The molecule has 15 heavy (non-hydrogen) atoms. The maximum absolute atomic E-state index is 11.6. The molecule has 80 valence electrons. The molecule has 1 aromatic rings. The van der Waals surface area contributed by atoms with Gasteiger partial charge < -0.3 is 4.90 Å². The largest absolute Gasteiger partial charge is 0.336 e. The second kappa shape index (κ2) is 4.26. The quantitative estimate of drug-likeness (QED) is 0.760. The summed E-state index contributed by atoms with van der Waals surface area (Å²) < 4.78 is 0. The maximum atomic E-state index is 11.6. The maximum Gasteiger partial charge on any atom is 0.236 e. The highest BCUT2D eigenvalue weighted by atomic mass is 79.9. The summed E-state index contributed by atoms with van der Waals surface area (Å²) >= 11 is 3.35. The Hall–Kier alpha value is -0.970. The molecule has 5 heteroatoms. The van der Waals surface area contributed by atoms with Gasteiger partial charge in [0.15, 0.2) is 0 Å². The van der Waals surface area contributed by atoms with Crippen molar-refractivity contribution in [2.45, 2.75) is 24.7 Å². The van der Waals surface area contributed by atoms with Crippen LogP contribution in [0.4, 0.5) is 0 Å². The fourth-order valence-electron chi connectivity index (χ4n) is 1.65. The van der Waals surface area contributed by atoms with E-state index in [1.807, 2.05) is 17.9 Å². The third-order valence-electron chi connectivity index (χ3n) is 2.42. The lowest BCUT2D eigenvalue weighted by Gasteiger charge is -2.14. The van der Waals surface area contributed by atoms with Gasteiger partial charge in [0.25, 0.3) is 0 Å². The molecule has 4 nitrogen and oxygen atoms in total. The van der Waals surface area contributed by atoms with Crippen molar-refractivity contribution in [1.29, 1.82) is 0 Å². The van der Waals surface area contributed by atoms with Crippen molar-refractivity contribution in [3.8, 4) is 0 Å². The number of carbonyl (C=O) groups excluding carboxylic acids is 1. The fraction of sp³-hybridized carbons (Fsp3) is 0.500. The number of halogens is 1. The standard InChI is InChI=1S/C10H12BrN3O/c1-7-12-4-2-8(13-7)6-14-5-3-9(11)10(14)15/h2,4,9H,3,5-6H2,1H3. The van der Waals surface area contributed by atoms with Gasteiger partial charge in [0, 0.05) is 12.7 Å². The summed E-state index contributed by atoms with van der Waals surface area (Å²) in [6.45, 7) is 3.24. The van der Waals surface area contributed by atoms with Crippen LogP contribution >= 0.6 is 15.9 Å². The zero-order valence-corrected chi connectivity index (χ0v) is 10.1. The normalized spacial score (nSPS) is 21.1. The van der Waals surface area contributed by atoms with E-state index < -0.39 is 0 Å². The summed E-state index contributed by atoms with van der Waals surface area (Å²) in [4.78, 5) is 21.7. The molecule has 1 fully saturated rings. The smallest absolute Gasteiger partial charge is 0.236 e.